The number of rotatable bonds is 11. The predicted molar refractivity (Wildman–Crippen MR) is 146 cm³/mol. The van der Waals surface area contributed by atoms with E-state index in [0.29, 0.717) is 11.1 Å². The highest BCUT2D eigenvalue weighted by atomic mass is 32.2. The van der Waals surface area contributed by atoms with Crippen molar-refractivity contribution in [3.63, 3.8) is 0 Å². The van der Waals surface area contributed by atoms with Gasteiger partial charge in [-0.1, -0.05) is 66.7 Å². The zero-order valence-corrected chi connectivity index (χ0v) is 23.1. The van der Waals surface area contributed by atoms with Crippen LogP contribution in [0.15, 0.2) is 83.8 Å². The maximum Gasteiger partial charge on any atom is 0.407 e. The average molecular weight is 591 g/mol. The summed E-state index contributed by atoms with van der Waals surface area (Å²) in [4.78, 5) is 13.0. The molecule has 7 nitrogen and oxygen atoms in total. The van der Waals surface area contributed by atoms with Crippen molar-refractivity contribution in [3.8, 4) is 17.2 Å². The first-order chi connectivity index (χ1) is 19.1. The molecule has 1 amide bonds. The number of nitrogens with zero attached hydrogens (tertiary/aromatic N) is 1. The molecule has 0 saturated carbocycles. The Balaban J connectivity index is 1.85. The topological polar surface area (TPSA) is 125 Å². The summed E-state index contributed by atoms with van der Waals surface area (Å²) in [5, 5.41) is 19.4. The molecule has 0 unspecified atom stereocenters. The number of nitriles is 1. The molecule has 4 N–H and O–H groups in total. The van der Waals surface area contributed by atoms with Crippen LogP contribution in [0.4, 0.5) is 17.6 Å². The van der Waals surface area contributed by atoms with Crippen molar-refractivity contribution in [3.05, 3.63) is 90.0 Å². The van der Waals surface area contributed by atoms with Crippen molar-refractivity contribution in [1.29, 1.82) is 5.26 Å². The molecule has 0 aliphatic carbocycles. The third-order valence-corrected chi connectivity index (χ3v) is 7.15. The second kappa shape index (κ2) is 12.8. The Kier molecular flexibility index (Phi) is 9.91. The Morgan fingerprint density at radius 2 is 1.46 bits per heavy atom. The van der Waals surface area contributed by atoms with Crippen LogP contribution in [0.2, 0.25) is 0 Å². The van der Waals surface area contributed by atoms with Crippen LogP contribution in [0, 0.1) is 11.3 Å². The lowest BCUT2D eigenvalue weighted by molar-refractivity contribution is -0.161. The first-order valence-corrected chi connectivity index (χ1v) is 14.1. The smallest absolute Gasteiger partial charge is 0.339 e. The molecule has 3 atom stereocenters. The maximum atomic E-state index is 14.6. The van der Waals surface area contributed by atoms with E-state index in [1.54, 1.807) is 30.3 Å². The van der Waals surface area contributed by atoms with Crippen LogP contribution in [-0.4, -0.2) is 38.3 Å². The first kappa shape index (κ1) is 31.7. The third kappa shape index (κ3) is 9.38. The van der Waals surface area contributed by atoms with Crippen LogP contribution in [-0.2, 0) is 21.2 Å². The van der Waals surface area contributed by atoms with Gasteiger partial charge in [0.1, 0.15) is 17.8 Å². The molecule has 0 aromatic heterocycles. The van der Waals surface area contributed by atoms with Crippen LogP contribution < -0.4 is 15.8 Å². The summed E-state index contributed by atoms with van der Waals surface area (Å²) in [5.74, 6) is -0.931. The van der Waals surface area contributed by atoms with Crippen molar-refractivity contribution in [2.75, 3.05) is 0 Å². The molecule has 218 valence electrons. The number of hydrogen-bond acceptors (Lipinski definition) is 5. The van der Waals surface area contributed by atoms with Crippen molar-refractivity contribution in [1.82, 2.24) is 10.6 Å². The lowest BCUT2D eigenvalue weighted by Crippen LogP contribution is -2.53. The van der Waals surface area contributed by atoms with Gasteiger partial charge >= 0.3 is 6.18 Å². The first-order valence-electron chi connectivity index (χ1n) is 12.6. The summed E-state index contributed by atoms with van der Waals surface area (Å²) in [6.07, 6.45) is -5.31. The molecule has 0 fully saturated rings. The van der Waals surface area contributed by atoms with E-state index >= 15 is 0 Å². The molecule has 3 aromatic carbocycles. The van der Waals surface area contributed by atoms with E-state index in [-0.39, 0.29) is 16.9 Å². The Morgan fingerprint density at radius 3 is 1.93 bits per heavy atom. The fourth-order valence-corrected chi connectivity index (χ4v) is 4.77. The van der Waals surface area contributed by atoms with Crippen LogP contribution in [0.25, 0.3) is 11.1 Å². The summed E-state index contributed by atoms with van der Waals surface area (Å²) in [6, 6.07) is 16.5. The zero-order chi connectivity index (χ0) is 30.4. The molecule has 0 spiro atoms. The van der Waals surface area contributed by atoms with E-state index in [2.05, 4.69) is 10.6 Å². The van der Waals surface area contributed by atoms with Gasteiger partial charge < -0.3 is 5.32 Å². The molecule has 0 bridgehead atoms. The number of hydrogen-bond donors (Lipinski definition) is 3. The Bertz CT molecular complexity index is 1470. The van der Waals surface area contributed by atoms with Gasteiger partial charge in [-0.3, -0.25) is 10.1 Å². The Hall–Kier alpha value is -3.79. The summed E-state index contributed by atoms with van der Waals surface area (Å²) < 4.78 is 80.3. The molecule has 0 heterocycles. The van der Waals surface area contributed by atoms with Crippen LogP contribution >= 0.6 is 0 Å². The number of sulfonamides is 1. The number of halogens is 4. The van der Waals surface area contributed by atoms with Crippen molar-refractivity contribution >= 4 is 15.9 Å². The van der Waals surface area contributed by atoms with Gasteiger partial charge in [-0.25, -0.2) is 17.9 Å². The summed E-state index contributed by atoms with van der Waals surface area (Å²) in [7, 11) is -3.90. The summed E-state index contributed by atoms with van der Waals surface area (Å²) >= 11 is 0. The van der Waals surface area contributed by atoms with Crippen LogP contribution in [0.3, 0.4) is 0 Å². The van der Waals surface area contributed by atoms with E-state index in [4.69, 9.17) is 5.14 Å². The maximum absolute atomic E-state index is 14.6. The lowest BCUT2D eigenvalue weighted by Gasteiger charge is -2.30. The Labute approximate surface area is 236 Å². The molecule has 41 heavy (non-hydrogen) atoms. The lowest BCUT2D eigenvalue weighted by atomic mass is 9.96. The van der Waals surface area contributed by atoms with E-state index in [1.165, 1.54) is 48.5 Å². The molecule has 12 heteroatoms. The van der Waals surface area contributed by atoms with Crippen molar-refractivity contribution in [2.45, 2.75) is 61.6 Å². The van der Waals surface area contributed by atoms with E-state index in [0.717, 1.165) is 19.4 Å². The number of amides is 1. The minimum absolute atomic E-state index is 0.110. The van der Waals surface area contributed by atoms with E-state index in [9.17, 15) is 36.0 Å². The average Bonchev–Trinajstić information content (AvgIpc) is 2.89. The Morgan fingerprint density at radius 1 is 0.927 bits per heavy atom. The molecule has 0 aliphatic heterocycles. The number of nitrogens with two attached hydrogens (primary N) is 1. The minimum Gasteiger partial charge on any atom is -0.339 e. The molecule has 0 saturated heterocycles. The fraction of sp³-hybridized carbons (Fsp3) is 0.310. The van der Waals surface area contributed by atoms with Gasteiger partial charge in [-0.2, -0.15) is 18.4 Å². The minimum atomic E-state index is -4.85. The predicted octanol–water partition coefficient (Wildman–Crippen LogP) is 4.95. The highest BCUT2D eigenvalue weighted by Crippen LogP contribution is 2.35. The van der Waals surface area contributed by atoms with Crippen LogP contribution in [0.5, 0.6) is 0 Å². The number of benzene rings is 3. The van der Waals surface area contributed by atoms with Gasteiger partial charge in [0.05, 0.1) is 17.0 Å². The molecular weight excluding hydrogens is 560 g/mol. The number of carbonyl (C=O) groups excluding carboxylic acids is 1. The van der Waals surface area contributed by atoms with Gasteiger partial charge in [0, 0.05) is 12.8 Å². The summed E-state index contributed by atoms with van der Waals surface area (Å²) in [5.41, 5.74) is -0.439. The number of carbonyl (C=O) groups is 1. The molecule has 3 rings (SSSR count). The molecule has 0 aliphatic rings. The standard InChI is InChI=1S/C29H30F4N4O3S/c1-28(2,30)17-25(27(38)36-23(18-34)16-19-6-4-3-5-7-19)37-26(29(31,32)33)22-10-8-20(9-11-22)21-12-14-24(15-13-21)41(35,39)40/h3-15,23,25-26,37H,16-17H2,1-2H3,(H,36,38)(H2,35,39,40)/t23-,25-,26-/m0/s1. The van der Waals surface area contributed by atoms with Crippen LogP contribution in [0.1, 0.15) is 37.4 Å². The molecule has 3 aromatic rings. The normalized spacial score (nSPS) is 14.5. The summed E-state index contributed by atoms with van der Waals surface area (Å²) in [6.45, 7) is 2.30. The van der Waals surface area contributed by atoms with E-state index < -0.39 is 52.3 Å². The number of alkyl halides is 4. The molecule has 0 radical (unpaired) electrons. The second-order valence-corrected chi connectivity index (χ2v) is 11.7. The van der Waals surface area contributed by atoms with Crippen molar-refractivity contribution < 1.29 is 30.8 Å². The SMILES string of the molecule is CC(C)(F)C[C@H](N[C@@H](c1ccc(-c2ccc(S(N)(=O)=O)cc2)cc1)C(F)(F)F)C(=O)N[C@H](C#N)Cc1ccccc1. The quantitative estimate of drug-likeness (QED) is 0.273. The van der Waals surface area contributed by atoms with Gasteiger partial charge in [0.2, 0.25) is 15.9 Å². The van der Waals surface area contributed by atoms with Gasteiger partial charge in [0.15, 0.2) is 0 Å². The van der Waals surface area contributed by atoms with Gasteiger partial charge in [-0.05, 0) is 48.2 Å². The zero-order valence-electron chi connectivity index (χ0n) is 22.3. The second-order valence-electron chi connectivity index (χ2n) is 10.2. The molecular formula is C29H30F4N4O3S. The fourth-order valence-electron chi connectivity index (χ4n) is 4.25. The highest BCUT2D eigenvalue weighted by Gasteiger charge is 2.44. The van der Waals surface area contributed by atoms with Crippen molar-refractivity contribution in [2.24, 2.45) is 5.14 Å². The number of primary sulfonamides is 1. The highest BCUT2D eigenvalue weighted by molar-refractivity contribution is 7.89. The van der Waals surface area contributed by atoms with Gasteiger partial charge in [0.25, 0.3) is 0 Å². The largest absolute Gasteiger partial charge is 0.407 e. The van der Waals surface area contributed by atoms with Gasteiger partial charge in [-0.15, -0.1) is 0 Å². The number of nitrogens with one attached hydrogen (secondary N) is 2. The van der Waals surface area contributed by atoms with E-state index in [1.807, 2.05) is 6.07 Å². The third-order valence-electron chi connectivity index (χ3n) is 6.22. The monoisotopic (exact) mass is 590 g/mol.